The SMILES string of the molecule is COc1c(Br)cc(Br)cc1/C=C/C(=O)Nc1cc(-c2nc3cc(C)cc(C)c3o2)ccc1C. The molecular formula is C26H22Br2N2O3. The molecule has 4 aromatic rings. The molecule has 0 fully saturated rings. The van der Waals surface area contributed by atoms with Gasteiger partial charge in [0.1, 0.15) is 11.3 Å². The van der Waals surface area contributed by atoms with Gasteiger partial charge in [-0.15, -0.1) is 0 Å². The fourth-order valence-electron chi connectivity index (χ4n) is 3.65. The Hall–Kier alpha value is -2.90. The molecule has 0 aliphatic heterocycles. The van der Waals surface area contributed by atoms with Gasteiger partial charge in [-0.3, -0.25) is 4.79 Å². The van der Waals surface area contributed by atoms with Crippen LogP contribution in [0.4, 0.5) is 5.69 Å². The lowest BCUT2D eigenvalue weighted by atomic mass is 10.1. The molecule has 1 N–H and O–H groups in total. The molecule has 5 nitrogen and oxygen atoms in total. The van der Waals surface area contributed by atoms with Crippen molar-refractivity contribution in [3.8, 4) is 17.2 Å². The lowest BCUT2D eigenvalue weighted by molar-refractivity contribution is -0.111. The van der Waals surface area contributed by atoms with Crippen LogP contribution in [-0.4, -0.2) is 18.0 Å². The van der Waals surface area contributed by atoms with Crippen LogP contribution >= 0.6 is 31.9 Å². The molecule has 1 aromatic heterocycles. The van der Waals surface area contributed by atoms with Gasteiger partial charge >= 0.3 is 0 Å². The quantitative estimate of drug-likeness (QED) is 0.251. The predicted molar refractivity (Wildman–Crippen MR) is 140 cm³/mol. The summed E-state index contributed by atoms with van der Waals surface area (Å²) in [5.74, 6) is 0.924. The van der Waals surface area contributed by atoms with Crippen LogP contribution in [0.15, 0.2) is 61.9 Å². The van der Waals surface area contributed by atoms with E-state index < -0.39 is 0 Å². The molecule has 0 unspecified atom stereocenters. The molecule has 0 atom stereocenters. The lowest BCUT2D eigenvalue weighted by Crippen LogP contribution is -2.09. The summed E-state index contributed by atoms with van der Waals surface area (Å²) in [5.41, 5.74) is 6.99. The zero-order valence-electron chi connectivity index (χ0n) is 18.6. The first-order valence-electron chi connectivity index (χ1n) is 10.3. The summed E-state index contributed by atoms with van der Waals surface area (Å²) in [6.45, 7) is 5.99. The second-order valence-electron chi connectivity index (χ2n) is 7.81. The maximum atomic E-state index is 12.7. The van der Waals surface area contributed by atoms with Crippen LogP contribution in [0.3, 0.4) is 0 Å². The van der Waals surface area contributed by atoms with Crippen molar-refractivity contribution in [1.29, 1.82) is 0 Å². The third-order valence-electron chi connectivity index (χ3n) is 5.22. The molecule has 0 saturated carbocycles. The van der Waals surface area contributed by atoms with Crippen molar-refractivity contribution in [3.05, 3.63) is 79.7 Å². The Morgan fingerprint density at radius 3 is 2.61 bits per heavy atom. The molecule has 33 heavy (non-hydrogen) atoms. The first-order chi connectivity index (χ1) is 15.7. The highest BCUT2D eigenvalue weighted by molar-refractivity contribution is 9.11. The zero-order chi connectivity index (χ0) is 23.7. The molecule has 7 heteroatoms. The summed E-state index contributed by atoms with van der Waals surface area (Å²) in [6.07, 6.45) is 3.20. The second kappa shape index (κ2) is 9.53. The number of rotatable bonds is 5. The van der Waals surface area contributed by atoms with Gasteiger partial charge in [0.25, 0.3) is 0 Å². The van der Waals surface area contributed by atoms with Crippen LogP contribution in [-0.2, 0) is 4.79 Å². The summed E-state index contributed by atoms with van der Waals surface area (Å²) in [6, 6.07) is 13.6. The third-order valence-corrected chi connectivity index (χ3v) is 6.26. The van der Waals surface area contributed by atoms with Gasteiger partial charge in [0.05, 0.1) is 11.6 Å². The minimum Gasteiger partial charge on any atom is -0.495 e. The Morgan fingerprint density at radius 1 is 1.06 bits per heavy atom. The van der Waals surface area contributed by atoms with Crippen LogP contribution in [0.2, 0.25) is 0 Å². The third kappa shape index (κ3) is 5.04. The van der Waals surface area contributed by atoms with Crippen molar-refractivity contribution < 1.29 is 13.9 Å². The van der Waals surface area contributed by atoms with E-state index in [1.165, 1.54) is 6.08 Å². The monoisotopic (exact) mass is 568 g/mol. The molecule has 4 rings (SSSR count). The van der Waals surface area contributed by atoms with Crippen LogP contribution in [0, 0.1) is 20.8 Å². The number of nitrogens with one attached hydrogen (secondary N) is 1. The number of fused-ring (bicyclic) bond motifs is 1. The standard InChI is InChI=1S/C26H22Br2N2O3/c1-14-9-16(3)24-22(10-14)30-26(33-24)18-6-5-15(2)21(12-18)29-23(31)8-7-17-11-19(27)13-20(28)25(17)32-4/h5-13H,1-4H3,(H,29,31)/b8-7+. The molecule has 168 valence electrons. The maximum Gasteiger partial charge on any atom is 0.248 e. The van der Waals surface area contributed by atoms with Crippen LogP contribution in [0.25, 0.3) is 28.6 Å². The molecule has 0 aliphatic rings. The fourth-order valence-corrected chi connectivity index (χ4v) is 5.07. The van der Waals surface area contributed by atoms with Crippen LogP contribution in [0.5, 0.6) is 5.75 Å². The number of aryl methyl sites for hydroxylation is 3. The van der Waals surface area contributed by atoms with Gasteiger partial charge in [-0.05, 0) is 89.8 Å². The number of hydrogen-bond acceptors (Lipinski definition) is 4. The zero-order valence-corrected chi connectivity index (χ0v) is 21.8. The molecule has 3 aromatic carbocycles. The number of nitrogens with zero attached hydrogens (tertiary/aromatic N) is 1. The number of amides is 1. The summed E-state index contributed by atoms with van der Waals surface area (Å²) >= 11 is 6.94. The van der Waals surface area contributed by atoms with Gasteiger partial charge in [0.2, 0.25) is 11.8 Å². The fraction of sp³-hybridized carbons (Fsp3) is 0.154. The van der Waals surface area contributed by atoms with E-state index in [0.717, 1.165) is 47.9 Å². The number of hydrogen-bond donors (Lipinski definition) is 1. The topological polar surface area (TPSA) is 64.4 Å². The van der Waals surface area contributed by atoms with Crippen LogP contribution < -0.4 is 10.1 Å². The number of carbonyl (C=O) groups is 1. The van der Waals surface area contributed by atoms with Crippen LogP contribution in [0.1, 0.15) is 22.3 Å². The van der Waals surface area contributed by atoms with E-state index >= 15 is 0 Å². The van der Waals surface area contributed by atoms with E-state index in [1.54, 1.807) is 13.2 Å². The van der Waals surface area contributed by atoms with Gasteiger partial charge in [-0.2, -0.15) is 0 Å². The predicted octanol–water partition coefficient (Wildman–Crippen LogP) is 7.61. The van der Waals surface area contributed by atoms with Gasteiger partial charge in [0, 0.05) is 27.4 Å². The average molecular weight is 570 g/mol. The van der Waals surface area contributed by atoms with Gasteiger partial charge in [-0.1, -0.05) is 28.1 Å². The number of benzene rings is 3. The van der Waals surface area contributed by atoms with Crippen molar-refractivity contribution in [2.75, 3.05) is 12.4 Å². The Kier molecular flexibility index (Phi) is 6.72. The Labute approximate surface area is 209 Å². The molecule has 0 bridgehead atoms. The van der Waals surface area contributed by atoms with E-state index in [1.807, 2.05) is 57.2 Å². The largest absolute Gasteiger partial charge is 0.495 e. The summed E-state index contributed by atoms with van der Waals surface area (Å²) < 4.78 is 13.1. The number of ether oxygens (including phenoxy) is 1. The number of carbonyl (C=O) groups excluding carboxylic acids is 1. The van der Waals surface area contributed by atoms with Gasteiger partial charge < -0.3 is 14.5 Å². The molecule has 1 heterocycles. The highest BCUT2D eigenvalue weighted by Gasteiger charge is 2.13. The highest BCUT2D eigenvalue weighted by atomic mass is 79.9. The maximum absolute atomic E-state index is 12.7. The number of anilines is 1. The second-order valence-corrected chi connectivity index (χ2v) is 9.58. The number of methoxy groups -OCH3 is 1. The summed E-state index contributed by atoms with van der Waals surface area (Å²) in [5, 5.41) is 2.95. The van der Waals surface area contributed by atoms with Crippen molar-refractivity contribution in [2.24, 2.45) is 0 Å². The van der Waals surface area contributed by atoms with Crippen molar-refractivity contribution in [1.82, 2.24) is 4.98 Å². The van der Waals surface area contributed by atoms with E-state index in [0.29, 0.717) is 17.3 Å². The Bertz CT molecular complexity index is 1410. The smallest absolute Gasteiger partial charge is 0.248 e. The first-order valence-corrected chi connectivity index (χ1v) is 11.8. The van der Waals surface area contributed by atoms with Gasteiger partial charge in [0.15, 0.2) is 5.58 Å². The highest BCUT2D eigenvalue weighted by Crippen LogP contribution is 2.34. The van der Waals surface area contributed by atoms with E-state index in [9.17, 15) is 4.79 Å². The summed E-state index contributed by atoms with van der Waals surface area (Å²) in [7, 11) is 1.59. The minimum atomic E-state index is -0.252. The number of aromatic nitrogens is 1. The lowest BCUT2D eigenvalue weighted by Gasteiger charge is -2.09. The molecular weight excluding hydrogens is 548 g/mol. The number of halogens is 2. The van der Waals surface area contributed by atoms with Gasteiger partial charge in [-0.25, -0.2) is 4.98 Å². The Balaban J connectivity index is 1.60. The van der Waals surface area contributed by atoms with Crippen molar-refractivity contribution >= 4 is 60.6 Å². The summed E-state index contributed by atoms with van der Waals surface area (Å²) in [4.78, 5) is 17.3. The molecule has 0 saturated heterocycles. The first kappa shape index (κ1) is 23.3. The van der Waals surface area contributed by atoms with E-state index in [2.05, 4.69) is 48.2 Å². The Morgan fingerprint density at radius 2 is 1.85 bits per heavy atom. The van der Waals surface area contributed by atoms with Crippen molar-refractivity contribution in [3.63, 3.8) is 0 Å². The van der Waals surface area contributed by atoms with Crippen molar-refractivity contribution in [2.45, 2.75) is 20.8 Å². The average Bonchev–Trinajstić information content (AvgIpc) is 3.18. The number of oxazole rings is 1. The molecule has 0 spiro atoms. The molecule has 0 aliphatic carbocycles. The minimum absolute atomic E-state index is 0.252. The normalized spacial score (nSPS) is 11.3. The van der Waals surface area contributed by atoms with E-state index in [4.69, 9.17) is 9.15 Å². The molecule has 1 amide bonds. The van der Waals surface area contributed by atoms with E-state index in [-0.39, 0.29) is 5.91 Å². The molecule has 0 radical (unpaired) electrons.